The van der Waals surface area contributed by atoms with E-state index >= 15 is 0 Å². The number of aliphatic hydroxyl groups is 1. The summed E-state index contributed by atoms with van der Waals surface area (Å²) in [5.41, 5.74) is 5.97. The molecule has 1 aromatic rings. The molecule has 1 aliphatic rings. The lowest BCUT2D eigenvalue weighted by Gasteiger charge is -2.30. The molecule has 110 valence electrons. The zero-order valence-electron chi connectivity index (χ0n) is 11.0. The average Bonchev–Trinajstić information content (AvgIpc) is 2.41. The molecule has 1 saturated carbocycles. The van der Waals surface area contributed by atoms with Crippen LogP contribution in [0.4, 0.5) is 4.39 Å². The molecule has 4 nitrogen and oxygen atoms in total. The Hall–Kier alpha value is -1.17. The maximum absolute atomic E-state index is 13.6. The summed E-state index contributed by atoms with van der Waals surface area (Å²) in [5.74, 6) is -0.922. The van der Waals surface area contributed by atoms with Gasteiger partial charge in [-0.15, -0.1) is 0 Å². The van der Waals surface area contributed by atoms with Gasteiger partial charge in [-0.2, -0.15) is 0 Å². The largest absolute Gasteiger partial charge is 0.391 e. The third-order valence-electron chi connectivity index (χ3n) is 3.74. The normalized spacial score (nSPS) is 26.3. The summed E-state index contributed by atoms with van der Waals surface area (Å²) in [6.07, 6.45) is 0.934. The van der Waals surface area contributed by atoms with Crippen molar-refractivity contribution in [1.82, 2.24) is 5.32 Å². The van der Waals surface area contributed by atoms with Gasteiger partial charge in [0.1, 0.15) is 5.82 Å². The second-order valence-electron chi connectivity index (χ2n) is 5.16. The smallest absolute Gasteiger partial charge is 0.223 e. The van der Waals surface area contributed by atoms with Crippen molar-refractivity contribution in [1.29, 1.82) is 0 Å². The molecule has 2 rings (SSSR count). The van der Waals surface area contributed by atoms with Crippen LogP contribution < -0.4 is 11.1 Å². The van der Waals surface area contributed by atoms with Crippen molar-refractivity contribution < 1.29 is 14.3 Å². The van der Waals surface area contributed by atoms with Gasteiger partial charge in [-0.1, -0.05) is 17.7 Å². The van der Waals surface area contributed by atoms with Crippen molar-refractivity contribution in [2.45, 2.75) is 38.0 Å². The Balaban J connectivity index is 1.92. The van der Waals surface area contributed by atoms with E-state index in [0.717, 1.165) is 0 Å². The van der Waals surface area contributed by atoms with Gasteiger partial charge in [0.2, 0.25) is 5.91 Å². The third-order valence-corrected chi connectivity index (χ3v) is 4.09. The van der Waals surface area contributed by atoms with Gasteiger partial charge in [-0.25, -0.2) is 4.39 Å². The highest BCUT2D eigenvalue weighted by atomic mass is 35.5. The summed E-state index contributed by atoms with van der Waals surface area (Å²) in [6.45, 7) is 0.0446. The van der Waals surface area contributed by atoms with Crippen LogP contribution >= 0.6 is 11.6 Å². The first-order valence-corrected chi connectivity index (χ1v) is 7.01. The van der Waals surface area contributed by atoms with E-state index in [1.54, 1.807) is 6.07 Å². The van der Waals surface area contributed by atoms with Crippen LogP contribution in [0.3, 0.4) is 0 Å². The van der Waals surface area contributed by atoms with Crippen molar-refractivity contribution in [2.75, 3.05) is 0 Å². The van der Waals surface area contributed by atoms with Crippen molar-refractivity contribution >= 4 is 17.5 Å². The number of aliphatic hydroxyl groups excluding tert-OH is 1. The number of nitrogens with two attached hydrogens (primary N) is 1. The van der Waals surface area contributed by atoms with E-state index in [0.29, 0.717) is 19.3 Å². The van der Waals surface area contributed by atoms with Crippen LogP contribution in [0.15, 0.2) is 18.2 Å². The highest BCUT2D eigenvalue weighted by Crippen LogP contribution is 2.24. The quantitative estimate of drug-likeness (QED) is 0.793. The molecule has 0 radical (unpaired) electrons. The van der Waals surface area contributed by atoms with E-state index in [1.807, 2.05) is 0 Å². The van der Waals surface area contributed by atoms with Crippen molar-refractivity contribution in [2.24, 2.45) is 11.7 Å². The Labute approximate surface area is 122 Å². The lowest BCUT2D eigenvalue weighted by atomic mass is 9.84. The fourth-order valence-corrected chi connectivity index (χ4v) is 2.66. The number of halogens is 2. The van der Waals surface area contributed by atoms with Crippen molar-refractivity contribution in [3.05, 3.63) is 34.6 Å². The fraction of sp³-hybridized carbons (Fsp3) is 0.500. The molecule has 6 heteroatoms. The van der Waals surface area contributed by atoms with Gasteiger partial charge in [-0.05, 0) is 31.4 Å². The molecule has 0 unspecified atom stereocenters. The van der Waals surface area contributed by atoms with E-state index < -0.39 is 11.9 Å². The van der Waals surface area contributed by atoms with Crippen LogP contribution in [0.25, 0.3) is 0 Å². The molecule has 0 spiro atoms. The number of carbonyl (C=O) groups excluding carboxylic acids is 1. The monoisotopic (exact) mass is 300 g/mol. The number of benzene rings is 1. The predicted molar refractivity (Wildman–Crippen MR) is 74.6 cm³/mol. The Kier molecular flexibility index (Phi) is 4.96. The molecule has 1 aliphatic carbocycles. The Bertz CT molecular complexity index is 478. The van der Waals surface area contributed by atoms with Crippen LogP contribution in [0.1, 0.15) is 24.8 Å². The summed E-state index contributed by atoms with van der Waals surface area (Å²) >= 11 is 5.89. The van der Waals surface area contributed by atoms with Crippen LogP contribution in [0, 0.1) is 11.7 Å². The molecule has 4 N–H and O–H groups in total. The van der Waals surface area contributed by atoms with Crippen LogP contribution in [-0.4, -0.2) is 23.2 Å². The fourth-order valence-electron chi connectivity index (χ4n) is 2.43. The minimum Gasteiger partial charge on any atom is -0.391 e. The van der Waals surface area contributed by atoms with Gasteiger partial charge >= 0.3 is 0 Å². The number of nitrogens with one attached hydrogen (secondary N) is 1. The van der Waals surface area contributed by atoms with Crippen molar-refractivity contribution in [3.8, 4) is 0 Å². The molecule has 0 saturated heterocycles. The number of hydrogen-bond acceptors (Lipinski definition) is 3. The summed E-state index contributed by atoms with van der Waals surface area (Å²) in [5, 5.41) is 12.6. The van der Waals surface area contributed by atoms with Crippen LogP contribution in [0.2, 0.25) is 5.02 Å². The number of rotatable bonds is 3. The zero-order chi connectivity index (χ0) is 14.7. The zero-order valence-corrected chi connectivity index (χ0v) is 11.7. The number of hydrogen-bond donors (Lipinski definition) is 3. The lowest BCUT2D eigenvalue weighted by molar-refractivity contribution is -0.127. The SMILES string of the molecule is N[C@H]1CC[C@H](C(=O)NCc2c(F)cccc2Cl)C[C@@H]1O. The highest BCUT2D eigenvalue weighted by Gasteiger charge is 2.30. The molecule has 1 aromatic carbocycles. The van der Waals surface area contributed by atoms with E-state index in [9.17, 15) is 14.3 Å². The molecule has 0 aromatic heterocycles. The topological polar surface area (TPSA) is 75.4 Å². The summed E-state index contributed by atoms with van der Waals surface area (Å²) in [6, 6.07) is 4.13. The van der Waals surface area contributed by atoms with E-state index in [4.69, 9.17) is 17.3 Å². The van der Waals surface area contributed by atoms with Gasteiger partial charge in [-0.3, -0.25) is 4.79 Å². The number of amides is 1. The molecule has 20 heavy (non-hydrogen) atoms. The Morgan fingerprint density at radius 3 is 2.90 bits per heavy atom. The van der Waals surface area contributed by atoms with Crippen LogP contribution in [-0.2, 0) is 11.3 Å². The summed E-state index contributed by atoms with van der Waals surface area (Å²) in [4.78, 5) is 12.0. The number of carbonyl (C=O) groups is 1. The maximum atomic E-state index is 13.6. The molecule has 0 bridgehead atoms. The summed E-state index contributed by atoms with van der Waals surface area (Å²) in [7, 11) is 0. The van der Waals surface area contributed by atoms with E-state index in [-0.39, 0.29) is 35.0 Å². The third kappa shape index (κ3) is 3.48. The first kappa shape index (κ1) is 15.2. The van der Waals surface area contributed by atoms with Gasteiger partial charge in [0, 0.05) is 29.1 Å². The molecular formula is C14H18ClFN2O2. The highest BCUT2D eigenvalue weighted by molar-refractivity contribution is 6.31. The Morgan fingerprint density at radius 2 is 2.25 bits per heavy atom. The van der Waals surface area contributed by atoms with E-state index in [1.165, 1.54) is 12.1 Å². The average molecular weight is 301 g/mol. The standard InChI is InChI=1S/C14H18ClFN2O2/c15-10-2-1-3-11(16)9(10)7-18-14(20)8-4-5-12(17)13(19)6-8/h1-3,8,12-13,19H,4-7,17H2,(H,18,20)/t8-,12-,13-/m0/s1. The second-order valence-corrected chi connectivity index (χ2v) is 5.57. The maximum Gasteiger partial charge on any atom is 0.223 e. The molecular weight excluding hydrogens is 283 g/mol. The molecule has 1 fully saturated rings. The molecule has 1 amide bonds. The molecule has 3 atom stereocenters. The van der Waals surface area contributed by atoms with Gasteiger partial charge in [0.25, 0.3) is 0 Å². The van der Waals surface area contributed by atoms with E-state index in [2.05, 4.69) is 5.32 Å². The van der Waals surface area contributed by atoms with Gasteiger partial charge < -0.3 is 16.2 Å². The molecule has 0 heterocycles. The first-order chi connectivity index (χ1) is 9.49. The van der Waals surface area contributed by atoms with Gasteiger partial charge in [0.05, 0.1) is 6.10 Å². The van der Waals surface area contributed by atoms with Crippen LogP contribution in [0.5, 0.6) is 0 Å². The van der Waals surface area contributed by atoms with Crippen molar-refractivity contribution in [3.63, 3.8) is 0 Å². The summed E-state index contributed by atoms with van der Waals surface area (Å²) < 4.78 is 13.6. The minimum absolute atomic E-state index is 0.0446. The Morgan fingerprint density at radius 1 is 1.50 bits per heavy atom. The second kappa shape index (κ2) is 6.52. The molecule has 0 aliphatic heterocycles. The predicted octanol–water partition coefficient (Wildman–Crippen LogP) is 1.58. The first-order valence-electron chi connectivity index (χ1n) is 6.63. The lowest BCUT2D eigenvalue weighted by Crippen LogP contribution is -2.44. The van der Waals surface area contributed by atoms with Gasteiger partial charge in [0.15, 0.2) is 0 Å². The minimum atomic E-state index is -0.656.